The number of amidine groups is 2. The number of nitrogens with one attached hydrogen (secondary N) is 1. The third-order valence-electron chi connectivity index (χ3n) is 10.9. The van der Waals surface area contributed by atoms with Crippen LogP contribution in [0.5, 0.6) is 0 Å². The van der Waals surface area contributed by atoms with Gasteiger partial charge >= 0.3 is 0 Å². The van der Waals surface area contributed by atoms with E-state index in [1.165, 1.54) is 21.9 Å². The van der Waals surface area contributed by atoms with Crippen molar-refractivity contribution in [2.24, 2.45) is 9.98 Å². The van der Waals surface area contributed by atoms with Crippen molar-refractivity contribution >= 4 is 55.4 Å². The molecule has 3 heterocycles. The normalized spacial score (nSPS) is 14.2. The Balaban J connectivity index is 1.03. The molecule has 264 valence electrons. The Morgan fingerprint density at radius 1 is 0.464 bits per heavy atom. The van der Waals surface area contributed by atoms with Crippen molar-refractivity contribution in [1.82, 2.24) is 9.88 Å². The van der Waals surface area contributed by atoms with Crippen molar-refractivity contribution in [3.8, 4) is 27.9 Å². The summed E-state index contributed by atoms with van der Waals surface area (Å²) in [4.78, 5) is 10.1. The molecule has 0 saturated heterocycles. The zero-order valence-electron chi connectivity index (χ0n) is 30.3. The zero-order valence-corrected chi connectivity index (χ0v) is 30.3. The molecule has 0 fully saturated rings. The van der Waals surface area contributed by atoms with E-state index in [1.807, 2.05) is 36.4 Å². The third kappa shape index (κ3) is 5.24. The molecule has 2 aromatic heterocycles. The van der Waals surface area contributed by atoms with Crippen LogP contribution in [-0.4, -0.2) is 16.2 Å². The molecule has 1 aliphatic heterocycles. The second-order valence-corrected chi connectivity index (χ2v) is 14.2. The largest absolute Gasteiger partial charge is 0.454 e. The van der Waals surface area contributed by atoms with Crippen LogP contribution in [0.2, 0.25) is 0 Å². The summed E-state index contributed by atoms with van der Waals surface area (Å²) in [5, 5.41) is 8.17. The van der Waals surface area contributed by atoms with Crippen LogP contribution in [0.4, 0.5) is 0 Å². The van der Waals surface area contributed by atoms with Crippen molar-refractivity contribution in [3.63, 3.8) is 0 Å². The second kappa shape index (κ2) is 13.1. The molecule has 5 heteroatoms. The van der Waals surface area contributed by atoms with Crippen molar-refractivity contribution in [2.45, 2.75) is 6.17 Å². The van der Waals surface area contributed by atoms with E-state index in [2.05, 4.69) is 168 Å². The minimum Gasteiger partial charge on any atom is -0.454 e. The Hall–Kier alpha value is -7.50. The highest BCUT2D eigenvalue weighted by Gasteiger charge is 2.23. The van der Waals surface area contributed by atoms with E-state index < -0.39 is 0 Å². The van der Waals surface area contributed by atoms with Crippen molar-refractivity contribution in [3.05, 3.63) is 211 Å². The maximum Gasteiger partial charge on any atom is 0.159 e. The van der Waals surface area contributed by atoms with Crippen LogP contribution in [0.1, 0.15) is 22.9 Å². The van der Waals surface area contributed by atoms with Crippen LogP contribution in [-0.2, 0) is 0 Å². The molecule has 0 spiro atoms. The van der Waals surface area contributed by atoms with E-state index in [0.29, 0.717) is 5.84 Å². The summed E-state index contributed by atoms with van der Waals surface area (Å²) in [6, 6.07) is 67.9. The topological polar surface area (TPSA) is 54.8 Å². The van der Waals surface area contributed by atoms with Crippen molar-refractivity contribution in [2.75, 3.05) is 0 Å². The number of rotatable bonds is 6. The number of aromatic nitrogens is 1. The summed E-state index contributed by atoms with van der Waals surface area (Å²) in [7, 11) is 0. The van der Waals surface area contributed by atoms with Gasteiger partial charge in [0.25, 0.3) is 0 Å². The fraction of sp³-hybridized carbons (Fsp3) is 0.0196. The highest BCUT2D eigenvalue weighted by Crippen LogP contribution is 2.43. The van der Waals surface area contributed by atoms with Gasteiger partial charge in [0.1, 0.15) is 17.6 Å². The molecule has 5 nitrogen and oxygen atoms in total. The van der Waals surface area contributed by atoms with Gasteiger partial charge in [-0.05, 0) is 52.1 Å². The van der Waals surface area contributed by atoms with E-state index >= 15 is 0 Å². The molecule has 0 saturated carbocycles. The molecular weight excluding hydrogens is 685 g/mol. The molecule has 1 N–H and O–H groups in total. The Labute approximate surface area is 323 Å². The van der Waals surface area contributed by atoms with Crippen LogP contribution in [0.3, 0.4) is 0 Å². The highest BCUT2D eigenvalue weighted by molar-refractivity contribution is 6.19. The highest BCUT2D eigenvalue weighted by atomic mass is 16.3. The lowest BCUT2D eigenvalue weighted by Gasteiger charge is -2.23. The van der Waals surface area contributed by atoms with Gasteiger partial charge in [-0.15, -0.1) is 0 Å². The number of fused-ring (bicyclic) bond motifs is 6. The lowest BCUT2D eigenvalue weighted by Crippen LogP contribution is -2.33. The number of para-hydroxylation sites is 2. The Kier molecular flexibility index (Phi) is 7.49. The number of furan rings is 1. The van der Waals surface area contributed by atoms with Gasteiger partial charge in [-0.25, -0.2) is 9.98 Å². The van der Waals surface area contributed by atoms with Crippen molar-refractivity contribution in [1.29, 1.82) is 0 Å². The first-order valence-corrected chi connectivity index (χ1v) is 18.9. The first-order chi connectivity index (χ1) is 27.8. The summed E-state index contributed by atoms with van der Waals surface area (Å²) in [5.41, 5.74) is 12.7. The Morgan fingerprint density at radius 2 is 1.05 bits per heavy atom. The van der Waals surface area contributed by atoms with E-state index in [4.69, 9.17) is 14.4 Å². The van der Waals surface area contributed by atoms with Gasteiger partial charge in [0.15, 0.2) is 11.4 Å². The second-order valence-electron chi connectivity index (χ2n) is 14.2. The van der Waals surface area contributed by atoms with Gasteiger partial charge in [0, 0.05) is 32.7 Å². The van der Waals surface area contributed by atoms with Gasteiger partial charge in [-0.1, -0.05) is 170 Å². The summed E-state index contributed by atoms with van der Waals surface area (Å²) in [6.45, 7) is 0. The van der Waals surface area contributed by atoms with Crippen LogP contribution < -0.4 is 5.32 Å². The molecule has 10 aromatic rings. The van der Waals surface area contributed by atoms with E-state index in [1.54, 1.807) is 0 Å². The van der Waals surface area contributed by atoms with E-state index in [0.717, 1.165) is 72.3 Å². The molecule has 1 aliphatic rings. The van der Waals surface area contributed by atoms with Crippen molar-refractivity contribution < 1.29 is 4.42 Å². The molecule has 56 heavy (non-hydrogen) atoms. The summed E-state index contributed by atoms with van der Waals surface area (Å²) in [6.07, 6.45) is -0.252. The smallest absolute Gasteiger partial charge is 0.159 e. The Bertz CT molecular complexity index is 3140. The fourth-order valence-corrected chi connectivity index (χ4v) is 8.31. The van der Waals surface area contributed by atoms with Gasteiger partial charge in [-0.2, -0.15) is 0 Å². The molecule has 8 aromatic carbocycles. The first kappa shape index (κ1) is 32.0. The average molecular weight is 719 g/mol. The Morgan fingerprint density at radius 3 is 1.84 bits per heavy atom. The number of hydrogen-bond acceptors (Lipinski definition) is 4. The van der Waals surface area contributed by atoms with Gasteiger partial charge in [0.05, 0.1) is 16.7 Å². The average Bonchev–Trinajstić information content (AvgIpc) is 3.84. The van der Waals surface area contributed by atoms with Crippen LogP contribution >= 0.6 is 0 Å². The maximum absolute atomic E-state index is 6.84. The van der Waals surface area contributed by atoms with Crippen LogP contribution in [0, 0.1) is 0 Å². The van der Waals surface area contributed by atoms with E-state index in [9.17, 15) is 0 Å². The SMILES string of the molecule is c1ccc(C2=NC(c3ccc(-c4cccc5oc6c(-n7c8ccccc8c8c(-c9ccccc9)cccc87)cccc6c45)cc3)=NC(c3ccccc3)N2)cc1. The number of nitrogens with zero attached hydrogens (tertiary/aromatic N) is 3. The first-order valence-electron chi connectivity index (χ1n) is 18.9. The number of hydrogen-bond donors (Lipinski definition) is 1. The maximum atomic E-state index is 6.84. The fourth-order valence-electron chi connectivity index (χ4n) is 8.31. The minimum atomic E-state index is -0.252. The van der Waals surface area contributed by atoms with Crippen LogP contribution in [0.25, 0.3) is 71.7 Å². The quantitative estimate of drug-likeness (QED) is 0.186. The molecule has 1 unspecified atom stereocenters. The third-order valence-corrected chi connectivity index (χ3v) is 10.9. The summed E-state index contributed by atoms with van der Waals surface area (Å²) >= 11 is 0. The minimum absolute atomic E-state index is 0.252. The van der Waals surface area contributed by atoms with Gasteiger partial charge < -0.3 is 14.3 Å². The summed E-state index contributed by atoms with van der Waals surface area (Å²) < 4.78 is 9.21. The number of benzene rings is 8. The number of aliphatic imine (C=N–C) groups is 2. The standard InChI is InChI=1S/C51H34N4O/c1-4-15-33(16-5-1)38-22-12-26-43-46(38)40-21-10-11-25-42(40)55(43)44-27-13-24-41-47-39(23-14-28-45(47)56-48(41)44)34-29-31-37(32-30-34)51-53-49(35-17-6-2-7-18-35)52-50(54-51)36-19-8-3-9-20-36/h1-32,49H,(H,52,53,54). The molecule has 0 bridgehead atoms. The van der Waals surface area contributed by atoms with E-state index in [-0.39, 0.29) is 6.17 Å². The predicted molar refractivity (Wildman–Crippen MR) is 231 cm³/mol. The molecule has 11 rings (SSSR count). The summed E-state index contributed by atoms with van der Waals surface area (Å²) in [5.74, 6) is 1.50. The lowest BCUT2D eigenvalue weighted by molar-refractivity contribution is 0.666. The lowest BCUT2D eigenvalue weighted by atomic mass is 9.98. The molecule has 0 amide bonds. The molecule has 1 atom stereocenters. The molecular formula is C51H34N4O. The van der Waals surface area contributed by atoms with Gasteiger partial charge in [-0.3, -0.25) is 0 Å². The predicted octanol–water partition coefficient (Wildman–Crippen LogP) is 12.5. The zero-order chi connectivity index (χ0) is 37.0. The molecule has 0 aliphatic carbocycles. The van der Waals surface area contributed by atoms with Gasteiger partial charge in [0.2, 0.25) is 0 Å². The molecule has 0 radical (unpaired) electrons. The monoisotopic (exact) mass is 718 g/mol. The van der Waals surface area contributed by atoms with Crippen LogP contribution in [0.15, 0.2) is 209 Å².